The number of ether oxygens (including phenoxy) is 3. The maximum absolute atomic E-state index is 13.3. The average Bonchev–Trinajstić information content (AvgIpc) is 3.30. The molecule has 0 atom stereocenters. The van der Waals surface area contributed by atoms with Gasteiger partial charge in [-0.05, 0) is 31.0 Å². The predicted octanol–water partition coefficient (Wildman–Crippen LogP) is 2.51. The van der Waals surface area contributed by atoms with Gasteiger partial charge in [0, 0.05) is 38.3 Å². The first-order chi connectivity index (χ1) is 10.3. The molecule has 5 heteroatoms. The van der Waals surface area contributed by atoms with Gasteiger partial charge < -0.3 is 19.5 Å². The second kappa shape index (κ2) is 8.97. The van der Waals surface area contributed by atoms with Crippen LogP contribution in [-0.2, 0) is 16.0 Å². The molecule has 0 bridgehead atoms. The molecule has 0 spiro atoms. The van der Waals surface area contributed by atoms with Gasteiger partial charge in [0.1, 0.15) is 11.6 Å². The molecule has 0 heterocycles. The van der Waals surface area contributed by atoms with E-state index < -0.39 is 0 Å². The van der Waals surface area contributed by atoms with Gasteiger partial charge in [0.25, 0.3) is 0 Å². The molecule has 4 nitrogen and oxygen atoms in total. The van der Waals surface area contributed by atoms with E-state index in [4.69, 9.17) is 14.2 Å². The van der Waals surface area contributed by atoms with Crippen molar-refractivity contribution >= 4 is 0 Å². The molecule has 21 heavy (non-hydrogen) atoms. The summed E-state index contributed by atoms with van der Waals surface area (Å²) in [5, 5.41) is 3.38. The summed E-state index contributed by atoms with van der Waals surface area (Å²) in [6.07, 6.45) is 3.23. The van der Waals surface area contributed by atoms with E-state index in [1.165, 1.54) is 18.9 Å². The fourth-order valence-corrected chi connectivity index (χ4v) is 1.96. The van der Waals surface area contributed by atoms with E-state index in [0.29, 0.717) is 39.0 Å². The molecule has 0 aliphatic heterocycles. The van der Waals surface area contributed by atoms with Crippen LogP contribution in [0.3, 0.4) is 0 Å². The van der Waals surface area contributed by atoms with Crippen molar-refractivity contribution in [2.24, 2.45) is 0 Å². The number of benzene rings is 1. The third-order valence-corrected chi connectivity index (χ3v) is 3.30. The van der Waals surface area contributed by atoms with E-state index in [-0.39, 0.29) is 5.82 Å². The second-order valence-corrected chi connectivity index (χ2v) is 5.21. The highest BCUT2D eigenvalue weighted by molar-refractivity contribution is 5.34. The van der Waals surface area contributed by atoms with E-state index >= 15 is 0 Å². The smallest absolute Gasteiger partial charge is 0.123 e. The van der Waals surface area contributed by atoms with Crippen LogP contribution in [0.15, 0.2) is 18.2 Å². The predicted molar refractivity (Wildman–Crippen MR) is 79.1 cm³/mol. The number of halogens is 1. The summed E-state index contributed by atoms with van der Waals surface area (Å²) < 4.78 is 29.3. The van der Waals surface area contributed by atoms with Crippen LogP contribution in [0.1, 0.15) is 24.8 Å². The Morgan fingerprint density at radius 2 is 2.05 bits per heavy atom. The molecular formula is C16H24FNO3. The summed E-state index contributed by atoms with van der Waals surface area (Å²) in [5.41, 5.74) is 0.877. The quantitative estimate of drug-likeness (QED) is 0.637. The maximum Gasteiger partial charge on any atom is 0.123 e. The van der Waals surface area contributed by atoms with Gasteiger partial charge in [-0.3, -0.25) is 0 Å². The lowest BCUT2D eigenvalue weighted by Gasteiger charge is -2.12. The molecule has 2 rings (SSSR count). The van der Waals surface area contributed by atoms with Gasteiger partial charge in [-0.15, -0.1) is 0 Å². The molecular weight excluding hydrogens is 273 g/mol. The molecule has 0 radical (unpaired) electrons. The molecule has 1 aromatic rings. The van der Waals surface area contributed by atoms with Gasteiger partial charge in [-0.1, -0.05) is 0 Å². The number of nitrogens with one attached hydrogen (secondary N) is 1. The first kappa shape index (κ1) is 16.2. The Morgan fingerprint density at radius 1 is 1.19 bits per heavy atom. The first-order valence-corrected chi connectivity index (χ1v) is 7.51. The topological polar surface area (TPSA) is 39.7 Å². The van der Waals surface area contributed by atoms with Crippen molar-refractivity contribution in [3.05, 3.63) is 29.6 Å². The number of hydrogen-bond donors (Lipinski definition) is 1. The molecule has 1 N–H and O–H groups in total. The molecule has 118 valence electrons. The molecule has 1 aliphatic carbocycles. The van der Waals surface area contributed by atoms with Crippen molar-refractivity contribution in [2.75, 3.05) is 33.5 Å². The summed E-state index contributed by atoms with van der Waals surface area (Å²) in [7, 11) is 1.65. The van der Waals surface area contributed by atoms with Crippen molar-refractivity contribution in [1.82, 2.24) is 5.32 Å². The van der Waals surface area contributed by atoms with Gasteiger partial charge in [0.2, 0.25) is 0 Å². The summed E-state index contributed by atoms with van der Waals surface area (Å²) in [6, 6.07) is 5.27. The van der Waals surface area contributed by atoms with Crippen LogP contribution in [0.4, 0.5) is 4.39 Å². The number of methoxy groups -OCH3 is 1. The zero-order valence-corrected chi connectivity index (χ0v) is 12.6. The monoisotopic (exact) mass is 297 g/mol. The van der Waals surface area contributed by atoms with E-state index in [1.807, 2.05) is 0 Å². The Labute approximate surface area is 125 Å². The second-order valence-electron chi connectivity index (χ2n) is 5.21. The minimum absolute atomic E-state index is 0.224. The Hall–Kier alpha value is -1.17. The zero-order chi connectivity index (χ0) is 14.9. The van der Waals surface area contributed by atoms with Crippen LogP contribution in [0.2, 0.25) is 0 Å². The largest absolute Gasteiger partial charge is 0.493 e. The lowest BCUT2D eigenvalue weighted by atomic mass is 10.2. The lowest BCUT2D eigenvalue weighted by Crippen LogP contribution is -2.16. The fourth-order valence-electron chi connectivity index (χ4n) is 1.96. The minimum atomic E-state index is -0.224. The normalized spacial score (nSPS) is 14.4. The molecule has 1 aliphatic rings. The molecule has 0 amide bonds. The molecule has 1 fully saturated rings. The van der Waals surface area contributed by atoms with Gasteiger partial charge >= 0.3 is 0 Å². The molecule has 1 saturated carbocycles. The highest BCUT2D eigenvalue weighted by Gasteiger charge is 2.20. The van der Waals surface area contributed by atoms with Crippen LogP contribution in [-0.4, -0.2) is 39.6 Å². The fraction of sp³-hybridized carbons (Fsp3) is 0.625. The van der Waals surface area contributed by atoms with Crippen molar-refractivity contribution in [1.29, 1.82) is 0 Å². The van der Waals surface area contributed by atoms with Crippen LogP contribution in [0, 0.1) is 5.82 Å². The molecule has 1 aromatic carbocycles. The number of hydrogen-bond acceptors (Lipinski definition) is 4. The standard InChI is InChI=1S/C16H24FNO3/c1-19-9-10-20-7-2-8-21-16-6-3-14(17)11-13(16)12-18-15-4-5-15/h3,6,11,15,18H,2,4-5,7-10,12H2,1H3. The van der Waals surface area contributed by atoms with Crippen molar-refractivity contribution in [3.63, 3.8) is 0 Å². The summed E-state index contributed by atoms with van der Waals surface area (Å²) in [5.74, 6) is 0.527. The van der Waals surface area contributed by atoms with Crippen LogP contribution >= 0.6 is 0 Å². The van der Waals surface area contributed by atoms with E-state index in [1.54, 1.807) is 19.2 Å². The SMILES string of the molecule is COCCOCCCOc1ccc(F)cc1CNC1CC1. The van der Waals surface area contributed by atoms with Crippen LogP contribution in [0.25, 0.3) is 0 Å². The average molecular weight is 297 g/mol. The highest BCUT2D eigenvalue weighted by atomic mass is 19.1. The molecule has 0 aromatic heterocycles. The molecule has 0 unspecified atom stereocenters. The summed E-state index contributed by atoms with van der Waals surface area (Å²) in [4.78, 5) is 0. The molecule has 0 saturated heterocycles. The Balaban J connectivity index is 1.70. The first-order valence-electron chi connectivity index (χ1n) is 7.51. The van der Waals surface area contributed by atoms with Gasteiger partial charge in [-0.25, -0.2) is 4.39 Å². The summed E-state index contributed by atoms with van der Waals surface area (Å²) in [6.45, 7) is 3.07. The van der Waals surface area contributed by atoms with Crippen LogP contribution < -0.4 is 10.1 Å². The van der Waals surface area contributed by atoms with Crippen molar-refractivity contribution < 1.29 is 18.6 Å². The Morgan fingerprint density at radius 3 is 2.81 bits per heavy atom. The van der Waals surface area contributed by atoms with E-state index in [0.717, 1.165) is 17.7 Å². The van der Waals surface area contributed by atoms with E-state index in [2.05, 4.69) is 5.32 Å². The lowest BCUT2D eigenvalue weighted by molar-refractivity contribution is 0.0644. The highest BCUT2D eigenvalue weighted by Crippen LogP contribution is 2.23. The van der Waals surface area contributed by atoms with Gasteiger partial charge in [0.05, 0.1) is 19.8 Å². The van der Waals surface area contributed by atoms with E-state index in [9.17, 15) is 4.39 Å². The summed E-state index contributed by atoms with van der Waals surface area (Å²) >= 11 is 0. The van der Waals surface area contributed by atoms with Crippen molar-refractivity contribution in [3.8, 4) is 5.75 Å². The van der Waals surface area contributed by atoms with Gasteiger partial charge in [0.15, 0.2) is 0 Å². The third-order valence-electron chi connectivity index (χ3n) is 3.30. The zero-order valence-electron chi connectivity index (χ0n) is 12.6. The Kier molecular flexibility index (Phi) is 6.92. The van der Waals surface area contributed by atoms with Crippen molar-refractivity contribution in [2.45, 2.75) is 31.8 Å². The maximum atomic E-state index is 13.3. The van der Waals surface area contributed by atoms with Gasteiger partial charge in [-0.2, -0.15) is 0 Å². The third kappa shape index (κ3) is 6.42. The minimum Gasteiger partial charge on any atom is -0.493 e. The number of rotatable bonds is 11. The Bertz CT molecular complexity index is 424. The van der Waals surface area contributed by atoms with Crippen LogP contribution in [0.5, 0.6) is 5.75 Å².